The molecule has 0 aliphatic carbocycles. The van der Waals surface area contributed by atoms with Crippen LogP contribution >= 0.6 is 0 Å². The highest BCUT2D eigenvalue weighted by Crippen LogP contribution is 2.14. The minimum absolute atomic E-state index is 0. The Balaban J connectivity index is -0.000000247. The lowest BCUT2D eigenvalue weighted by Gasteiger charge is -2.06. The van der Waals surface area contributed by atoms with E-state index in [9.17, 15) is 9.59 Å². The van der Waals surface area contributed by atoms with Gasteiger partial charge in [0.25, 0.3) is 0 Å². The summed E-state index contributed by atoms with van der Waals surface area (Å²) in [7, 11) is 0. The van der Waals surface area contributed by atoms with E-state index in [0.29, 0.717) is 6.42 Å². The third-order valence-electron chi connectivity index (χ3n) is 5.65. The zero-order valence-electron chi connectivity index (χ0n) is 21.8. The van der Waals surface area contributed by atoms with Crippen LogP contribution in [0.25, 0.3) is 0 Å². The third kappa shape index (κ3) is 31.0. The molecule has 0 rings (SSSR count). The Hall–Kier alpha value is -1.14. The van der Waals surface area contributed by atoms with Crippen LogP contribution in [-0.4, -0.2) is 22.2 Å². The number of carboxylic acids is 2. The Morgan fingerprint density at radius 2 is 0.688 bits per heavy atom. The minimum Gasteiger partial charge on any atom is -0.481 e. The zero-order chi connectivity index (χ0) is 22.9. The normalized spacial score (nSPS) is 10.0. The maximum Gasteiger partial charge on any atom is 0.317 e. The first-order valence-corrected chi connectivity index (χ1v) is 13.0. The Kier molecular flexibility index (Phi) is 38.2. The molecule has 0 heterocycles. The molecule has 0 unspecified atom stereocenters. The summed E-state index contributed by atoms with van der Waals surface area (Å²) < 4.78 is 0. The summed E-state index contributed by atoms with van der Waals surface area (Å²) in [5.41, 5.74) is 0. The van der Waals surface area contributed by atoms with Crippen molar-refractivity contribution in [2.75, 3.05) is 0 Å². The lowest BCUT2D eigenvalue weighted by atomic mass is 10.00. The summed E-state index contributed by atoms with van der Waals surface area (Å²) in [6.45, 7) is 6.75. The second kappa shape index (κ2) is 32.0. The van der Waals surface area contributed by atoms with Crippen LogP contribution in [0.2, 0.25) is 0 Å². The first kappa shape index (κ1) is 38.1. The van der Waals surface area contributed by atoms with Crippen LogP contribution in [0.3, 0.4) is 0 Å². The van der Waals surface area contributed by atoms with E-state index in [1.54, 1.807) is 0 Å². The average Bonchev–Trinajstić information content (AvgIpc) is 2.71. The summed E-state index contributed by atoms with van der Waals surface area (Å²) in [5.74, 6) is -3.67. The molecule has 0 aromatic carbocycles. The van der Waals surface area contributed by atoms with Gasteiger partial charge in [-0.05, 0) is 6.42 Å². The highest BCUT2D eigenvalue weighted by atomic mass is 16.4. The minimum atomic E-state index is -1.23. The summed E-state index contributed by atoms with van der Waals surface area (Å²) in [5, 5.41) is 17.4. The Labute approximate surface area is 199 Å². The molecular formula is C26H58N2O4. The molecule has 6 heteroatoms. The number of hydrogen-bond acceptors (Lipinski definition) is 4. The number of unbranched alkanes of at least 4 members (excludes halogenated alkanes) is 17. The summed E-state index contributed by atoms with van der Waals surface area (Å²) in [6.07, 6.45) is 25.0. The van der Waals surface area contributed by atoms with E-state index < -0.39 is 17.9 Å². The van der Waals surface area contributed by atoms with Gasteiger partial charge in [0.1, 0.15) is 0 Å². The van der Waals surface area contributed by atoms with Crippen LogP contribution in [0, 0.1) is 5.92 Å². The van der Waals surface area contributed by atoms with Gasteiger partial charge >= 0.3 is 11.9 Å². The molecule has 0 saturated heterocycles. The lowest BCUT2D eigenvalue weighted by Crippen LogP contribution is -2.23. The molecule has 8 N–H and O–H groups in total. The molecule has 0 aliphatic heterocycles. The first-order chi connectivity index (χ1) is 14.5. The first-order valence-electron chi connectivity index (χ1n) is 13.0. The van der Waals surface area contributed by atoms with Gasteiger partial charge in [-0.25, -0.2) is 0 Å². The van der Waals surface area contributed by atoms with Crippen molar-refractivity contribution in [3.05, 3.63) is 0 Å². The maximum atomic E-state index is 10.6. The number of aliphatic carboxylic acids is 2. The topological polar surface area (TPSA) is 145 Å². The molecule has 0 aromatic heterocycles. The molecule has 0 aliphatic rings. The van der Waals surface area contributed by atoms with Crippen LogP contribution in [0.1, 0.15) is 149 Å². The van der Waals surface area contributed by atoms with Gasteiger partial charge in [0.15, 0.2) is 5.92 Å². The molecule has 0 atom stereocenters. The van der Waals surface area contributed by atoms with Crippen molar-refractivity contribution in [1.29, 1.82) is 0 Å². The van der Waals surface area contributed by atoms with Crippen molar-refractivity contribution >= 4 is 11.9 Å². The van der Waals surface area contributed by atoms with Crippen molar-refractivity contribution in [3.8, 4) is 0 Å². The summed E-state index contributed by atoms with van der Waals surface area (Å²) >= 11 is 0. The monoisotopic (exact) mass is 462 g/mol. The molecule has 32 heavy (non-hydrogen) atoms. The molecule has 0 amide bonds. The van der Waals surface area contributed by atoms with Crippen molar-refractivity contribution in [2.24, 2.45) is 5.92 Å². The van der Waals surface area contributed by atoms with Crippen LogP contribution in [-0.2, 0) is 9.59 Å². The van der Waals surface area contributed by atoms with Gasteiger partial charge in [0, 0.05) is 0 Å². The standard InChI is InChI=1S/C14H26O4.C12H26.2H3N/c1-2-3-4-5-6-7-8-9-10-11-12(13(15)16)14(17)18;1-3-5-7-9-11-12-10-8-6-4-2;;/h12H,2-11H2,1H3,(H,15,16)(H,17,18);3-12H2,1-2H3;2*1H3. The summed E-state index contributed by atoms with van der Waals surface area (Å²) in [6, 6.07) is 0. The van der Waals surface area contributed by atoms with Crippen LogP contribution in [0.15, 0.2) is 0 Å². The van der Waals surface area contributed by atoms with E-state index in [-0.39, 0.29) is 18.7 Å². The van der Waals surface area contributed by atoms with E-state index in [4.69, 9.17) is 10.2 Å². The highest BCUT2D eigenvalue weighted by Gasteiger charge is 2.24. The van der Waals surface area contributed by atoms with Crippen molar-refractivity contribution in [1.82, 2.24) is 12.3 Å². The van der Waals surface area contributed by atoms with Gasteiger partial charge in [-0.15, -0.1) is 0 Å². The van der Waals surface area contributed by atoms with Gasteiger partial charge in [0.05, 0.1) is 0 Å². The molecule has 0 spiro atoms. The molecular weight excluding hydrogens is 404 g/mol. The molecule has 0 aromatic rings. The number of carboxylic acid groups (broad SMARTS) is 2. The molecule has 0 saturated carbocycles. The van der Waals surface area contributed by atoms with Gasteiger partial charge in [0.2, 0.25) is 0 Å². The molecule has 0 radical (unpaired) electrons. The quantitative estimate of drug-likeness (QED) is 0.0988. The largest absolute Gasteiger partial charge is 0.481 e. The maximum absolute atomic E-state index is 10.6. The third-order valence-corrected chi connectivity index (χ3v) is 5.65. The van der Waals surface area contributed by atoms with Crippen molar-refractivity contribution < 1.29 is 19.8 Å². The van der Waals surface area contributed by atoms with Crippen LogP contribution in [0.4, 0.5) is 0 Å². The Morgan fingerprint density at radius 1 is 0.469 bits per heavy atom. The van der Waals surface area contributed by atoms with Crippen LogP contribution in [0.5, 0.6) is 0 Å². The smallest absolute Gasteiger partial charge is 0.317 e. The molecule has 6 nitrogen and oxygen atoms in total. The van der Waals surface area contributed by atoms with E-state index in [0.717, 1.165) is 12.8 Å². The van der Waals surface area contributed by atoms with Crippen molar-refractivity contribution in [2.45, 2.75) is 149 Å². The number of hydrogen-bond donors (Lipinski definition) is 4. The van der Waals surface area contributed by atoms with E-state index >= 15 is 0 Å². The number of carbonyl (C=O) groups is 2. The van der Waals surface area contributed by atoms with Gasteiger partial charge in [-0.3, -0.25) is 9.59 Å². The second-order valence-electron chi connectivity index (χ2n) is 8.67. The predicted octanol–water partition coefficient (Wildman–Crippen LogP) is 8.94. The van der Waals surface area contributed by atoms with E-state index in [1.165, 1.54) is 103 Å². The van der Waals surface area contributed by atoms with Crippen LogP contribution < -0.4 is 12.3 Å². The fourth-order valence-electron chi connectivity index (χ4n) is 3.57. The SMILES string of the molecule is CCCCCCCCCCCC.CCCCCCCCCCCC(C(=O)O)C(=O)O.N.N. The molecule has 0 fully saturated rings. The fraction of sp³-hybridized carbons (Fsp3) is 0.923. The van der Waals surface area contributed by atoms with Gasteiger partial charge < -0.3 is 22.5 Å². The lowest BCUT2D eigenvalue weighted by molar-refractivity contribution is -0.154. The second-order valence-corrected chi connectivity index (χ2v) is 8.67. The summed E-state index contributed by atoms with van der Waals surface area (Å²) in [4.78, 5) is 21.3. The van der Waals surface area contributed by atoms with E-state index in [2.05, 4.69) is 20.8 Å². The molecule has 0 bridgehead atoms. The van der Waals surface area contributed by atoms with Crippen molar-refractivity contribution in [3.63, 3.8) is 0 Å². The van der Waals surface area contributed by atoms with E-state index in [1.807, 2.05) is 0 Å². The highest BCUT2D eigenvalue weighted by molar-refractivity contribution is 5.92. The predicted molar refractivity (Wildman–Crippen MR) is 138 cm³/mol. The molecule has 196 valence electrons. The number of rotatable bonds is 21. The van der Waals surface area contributed by atoms with Gasteiger partial charge in [-0.1, -0.05) is 143 Å². The Bertz CT molecular complexity index is 355. The fourth-order valence-corrected chi connectivity index (χ4v) is 3.57. The zero-order valence-corrected chi connectivity index (χ0v) is 21.8. The Morgan fingerprint density at radius 3 is 0.906 bits per heavy atom. The average molecular weight is 463 g/mol. The van der Waals surface area contributed by atoms with Gasteiger partial charge in [-0.2, -0.15) is 0 Å².